The highest BCUT2D eigenvalue weighted by atomic mass is 19.3. The quantitative estimate of drug-likeness (QED) is 0.679. The van der Waals surface area contributed by atoms with E-state index in [9.17, 15) is 13.6 Å². The van der Waals surface area contributed by atoms with Gasteiger partial charge in [-0.25, -0.2) is 8.78 Å². The maximum Gasteiger partial charge on any atom is 0.270 e. The number of allylic oxidation sites excluding steroid dienone is 3. The molecule has 1 unspecified atom stereocenters. The van der Waals surface area contributed by atoms with Gasteiger partial charge in [0, 0.05) is 6.04 Å². The van der Waals surface area contributed by atoms with E-state index in [1.807, 2.05) is 31.7 Å². The zero-order valence-corrected chi connectivity index (χ0v) is 15.8. The number of Topliss-reactive ketones (excluding diaryl/α,β-unsaturated/α-hetero) is 1. The summed E-state index contributed by atoms with van der Waals surface area (Å²) < 4.78 is 28.9. The molecule has 25 heavy (non-hydrogen) atoms. The van der Waals surface area contributed by atoms with E-state index in [0.717, 1.165) is 25.9 Å². The van der Waals surface area contributed by atoms with Crippen LogP contribution in [0.4, 0.5) is 8.78 Å². The number of halogens is 2. The smallest absolute Gasteiger partial charge is 0.270 e. The molecule has 142 valence electrons. The van der Waals surface area contributed by atoms with Crippen LogP contribution in [0, 0.1) is 11.8 Å². The highest BCUT2D eigenvalue weighted by Crippen LogP contribution is 2.35. The van der Waals surface area contributed by atoms with Crippen molar-refractivity contribution < 1.29 is 13.6 Å². The zero-order valence-electron chi connectivity index (χ0n) is 15.8. The van der Waals surface area contributed by atoms with Gasteiger partial charge < -0.3 is 0 Å². The fraction of sp³-hybridized carbons (Fsp3) is 0.750. The third kappa shape index (κ3) is 4.98. The van der Waals surface area contributed by atoms with Crippen LogP contribution in [-0.2, 0) is 4.79 Å². The summed E-state index contributed by atoms with van der Waals surface area (Å²) in [5, 5.41) is 0. The van der Waals surface area contributed by atoms with Crippen LogP contribution in [0.25, 0.3) is 0 Å². The lowest BCUT2D eigenvalue weighted by Crippen LogP contribution is -2.54. The Bertz CT molecular complexity index is 508. The van der Waals surface area contributed by atoms with E-state index < -0.39 is 11.8 Å². The molecule has 2 aliphatic rings. The minimum Gasteiger partial charge on any atom is -0.298 e. The first-order valence-electron chi connectivity index (χ1n) is 9.44. The van der Waals surface area contributed by atoms with Crippen molar-refractivity contribution in [3.8, 4) is 0 Å². The largest absolute Gasteiger partial charge is 0.298 e. The van der Waals surface area contributed by atoms with E-state index in [2.05, 4.69) is 12.7 Å². The molecule has 0 aromatic carbocycles. The monoisotopic (exact) mass is 354 g/mol. The highest BCUT2D eigenvalue weighted by Gasteiger charge is 2.48. The molecule has 2 heterocycles. The third-order valence-corrected chi connectivity index (χ3v) is 5.76. The van der Waals surface area contributed by atoms with Crippen molar-refractivity contribution in [3.05, 3.63) is 24.3 Å². The number of likely N-dealkylation sites (tertiary alicyclic amines) is 2. The second-order valence-corrected chi connectivity index (χ2v) is 7.68. The summed E-state index contributed by atoms with van der Waals surface area (Å²) in [6.45, 7) is 11.7. The number of nitrogens with zero attached hydrogens (tertiary/aromatic N) is 2. The van der Waals surface area contributed by atoms with E-state index in [1.54, 1.807) is 4.90 Å². The van der Waals surface area contributed by atoms with Crippen LogP contribution in [-0.4, -0.2) is 60.3 Å². The van der Waals surface area contributed by atoms with Gasteiger partial charge in [0.15, 0.2) is 5.78 Å². The molecule has 0 saturated carbocycles. The molecule has 0 aliphatic carbocycles. The average Bonchev–Trinajstić information content (AvgIpc) is 2.56. The van der Waals surface area contributed by atoms with Gasteiger partial charge in [-0.1, -0.05) is 18.7 Å². The maximum atomic E-state index is 14.4. The Balaban J connectivity index is 1.88. The fourth-order valence-electron chi connectivity index (χ4n) is 4.08. The Kier molecular flexibility index (Phi) is 6.92. The second kappa shape index (κ2) is 8.54. The number of ketones is 1. The molecular weight excluding hydrogens is 322 g/mol. The Morgan fingerprint density at radius 3 is 2.36 bits per heavy atom. The van der Waals surface area contributed by atoms with E-state index >= 15 is 0 Å². The normalized spacial score (nSPS) is 26.8. The fourth-order valence-corrected chi connectivity index (χ4v) is 4.08. The SMILES string of the molecule is C=C/C(=C\C)C1CCN(CC(=O)C2CCN(C(C)C)CC2(F)F)CC1. The summed E-state index contributed by atoms with van der Waals surface area (Å²) in [6, 6.07) is 0.0895. The summed E-state index contributed by atoms with van der Waals surface area (Å²) in [5.41, 5.74) is 1.25. The van der Waals surface area contributed by atoms with E-state index in [-0.39, 0.29) is 31.3 Å². The van der Waals surface area contributed by atoms with Crippen molar-refractivity contribution in [2.75, 3.05) is 32.7 Å². The lowest BCUT2D eigenvalue weighted by molar-refractivity contribution is -0.152. The number of hydrogen-bond acceptors (Lipinski definition) is 3. The van der Waals surface area contributed by atoms with Crippen molar-refractivity contribution in [3.63, 3.8) is 0 Å². The van der Waals surface area contributed by atoms with Crippen LogP contribution >= 0.6 is 0 Å². The molecule has 1 atom stereocenters. The van der Waals surface area contributed by atoms with Gasteiger partial charge >= 0.3 is 0 Å². The third-order valence-electron chi connectivity index (χ3n) is 5.76. The van der Waals surface area contributed by atoms with Gasteiger partial charge in [-0.05, 0) is 71.2 Å². The molecule has 3 nitrogen and oxygen atoms in total. The average molecular weight is 354 g/mol. The molecule has 0 spiro atoms. The van der Waals surface area contributed by atoms with Crippen molar-refractivity contribution in [2.24, 2.45) is 11.8 Å². The van der Waals surface area contributed by atoms with Gasteiger partial charge in [0.25, 0.3) is 5.92 Å². The summed E-state index contributed by atoms with van der Waals surface area (Å²) in [7, 11) is 0. The molecular formula is C20H32F2N2O. The number of piperidine rings is 2. The Morgan fingerprint density at radius 1 is 1.24 bits per heavy atom. The number of hydrogen-bond donors (Lipinski definition) is 0. The molecule has 0 N–H and O–H groups in total. The van der Waals surface area contributed by atoms with Crippen LogP contribution in [0.5, 0.6) is 0 Å². The molecule has 0 radical (unpaired) electrons. The van der Waals surface area contributed by atoms with Crippen molar-refractivity contribution in [1.82, 2.24) is 9.80 Å². The first kappa shape index (κ1) is 20.2. The van der Waals surface area contributed by atoms with Crippen LogP contribution < -0.4 is 0 Å². The van der Waals surface area contributed by atoms with Crippen LogP contribution in [0.1, 0.15) is 40.0 Å². The maximum absolute atomic E-state index is 14.4. The minimum atomic E-state index is -2.92. The first-order chi connectivity index (χ1) is 11.8. The molecule has 0 aromatic heterocycles. The second-order valence-electron chi connectivity index (χ2n) is 7.68. The van der Waals surface area contributed by atoms with Gasteiger partial charge in [-0.2, -0.15) is 0 Å². The predicted molar refractivity (Wildman–Crippen MR) is 97.9 cm³/mol. The van der Waals surface area contributed by atoms with Crippen molar-refractivity contribution in [2.45, 2.75) is 52.0 Å². The molecule has 2 aliphatic heterocycles. The Morgan fingerprint density at radius 2 is 1.88 bits per heavy atom. The lowest BCUT2D eigenvalue weighted by atomic mass is 9.86. The van der Waals surface area contributed by atoms with E-state index in [4.69, 9.17) is 0 Å². The summed E-state index contributed by atoms with van der Waals surface area (Å²) in [4.78, 5) is 16.3. The topological polar surface area (TPSA) is 23.6 Å². The number of carbonyl (C=O) groups excluding carboxylic acids is 1. The van der Waals surface area contributed by atoms with Gasteiger partial charge in [0.1, 0.15) is 0 Å². The summed E-state index contributed by atoms with van der Waals surface area (Å²) in [6.07, 6.45) is 6.16. The summed E-state index contributed by atoms with van der Waals surface area (Å²) >= 11 is 0. The van der Waals surface area contributed by atoms with Gasteiger partial charge in [0.05, 0.1) is 19.0 Å². The highest BCUT2D eigenvalue weighted by molar-refractivity contribution is 5.84. The van der Waals surface area contributed by atoms with Gasteiger partial charge in [0.2, 0.25) is 0 Å². The number of carbonyl (C=O) groups is 1. The van der Waals surface area contributed by atoms with Crippen LogP contribution in [0.3, 0.4) is 0 Å². The number of rotatable bonds is 6. The van der Waals surface area contributed by atoms with E-state index in [1.165, 1.54) is 5.57 Å². The Hall–Kier alpha value is -1.07. The van der Waals surface area contributed by atoms with Crippen molar-refractivity contribution >= 4 is 5.78 Å². The van der Waals surface area contributed by atoms with Gasteiger partial charge in [-0.3, -0.25) is 14.6 Å². The number of alkyl halides is 2. The van der Waals surface area contributed by atoms with Crippen LogP contribution in [0.15, 0.2) is 24.3 Å². The molecule has 2 rings (SSSR count). The van der Waals surface area contributed by atoms with E-state index in [0.29, 0.717) is 12.5 Å². The first-order valence-corrected chi connectivity index (χ1v) is 9.44. The Labute approximate surface area is 150 Å². The standard InChI is InChI=1S/C20H32F2N2O/c1-5-16(6-2)17-7-10-23(11-8-17)13-19(25)18-9-12-24(15(3)4)14-20(18,21)22/h5-6,15,17-18H,1,7-14H2,2-4H3/b16-6+. The lowest BCUT2D eigenvalue weighted by Gasteiger charge is -2.40. The molecule has 0 bridgehead atoms. The summed E-state index contributed by atoms with van der Waals surface area (Å²) in [5.74, 6) is -3.86. The zero-order chi connectivity index (χ0) is 18.6. The molecule has 2 fully saturated rings. The predicted octanol–water partition coefficient (Wildman–Crippen LogP) is 3.77. The molecule has 0 amide bonds. The van der Waals surface area contributed by atoms with Gasteiger partial charge in [-0.15, -0.1) is 0 Å². The molecule has 0 aromatic rings. The molecule has 5 heteroatoms. The van der Waals surface area contributed by atoms with Crippen LogP contribution in [0.2, 0.25) is 0 Å². The molecule has 2 saturated heterocycles. The van der Waals surface area contributed by atoms with Crippen molar-refractivity contribution in [1.29, 1.82) is 0 Å². The minimum absolute atomic E-state index is 0.0895.